The van der Waals surface area contributed by atoms with Crippen LogP contribution >= 0.6 is 11.6 Å². The van der Waals surface area contributed by atoms with E-state index in [0.29, 0.717) is 0 Å². The van der Waals surface area contributed by atoms with Gasteiger partial charge in [0.1, 0.15) is 5.76 Å². The molecule has 0 saturated carbocycles. The Morgan fingerprint density at radius 1 is 1.27 bits per heavy atom. The van der Waals surface area contributed by atoms with Crippen molar-refractivity contribution in [1.82, 2.24) is 0 Å². The largest absolute Gasteiger partial charge is 0.467 e. The van der Waals surface area contributed by atoms with Gasteiger partial charge >= 0.3 is 0 Å². The number of rotatable bonds is 3. The maximum Gasteiger partial charge on any atom is 0.125 e. The van der Waals surface area contributed by atoms with Crippen LogP contribution in [0.15, 0.2) is 47.1 Å². The molecule has 0 unspecified atom stereocenters. The molecular weight excluding hydrogens is 210 g/mol. The van der Waals surface area contributed by atoms with Gasteiger partial charge < -0.3 is 9.73 Å². The lowest BCUT2D eigenvalue weighted by Crippen LogP contribution is -2.05. The summed E-state index contributed by atoms with van der Waals surface area (Å²) in [6, 6.07) is 11.6. The van der Waals surface area contributed by atoms with Crippen molar-refractivity contribution in [2.75, 3.05) is 5.32 Å². The zero-order valence-corrected chi connectivity index (χ0v) is 9.16. The van der Waals surface area contributed by atoms with E-state index in [4.69, 9.17) is 16.0 Å². The van der Waals surface area contributed by atoms with E-state index in [1.807, 2.05) is 43.3 Å². The molecule has 0 spiro atoms. The van der Waals surface area contributed by atoms with Crippen molar-refractivity contribution < 1.29 is 4.42 Å². The highest BCUT2D eigenvalue weighted by atomic mass is 35.5. The van der Waals surface area contributed by atoms with Crippen LogP contribution < -0.4 is 5.32 Å². The van der Waals surface area contributed by atoms with Gasteiger partial charge in [-0.05, 0) is 37.3 Å². The molecule has 1 N–H and O–H groups in total. The summed E-state index contributed by atoms with van der Waals surface area (Å²) in [6.45, 7) is 2.04. The van der Waals surface area contributed by atoms with E-state index < -0.39 is 0 Å². The van der Waals surface area contributed by atoms with Gasteiger partial charge in [0, 0.05) is 10.7 Å². The van der Waals surface area contributed by atoms with Crippen LogP contribution in [0.5, 0.6) is 0 Å². The summed E-state index contributed by atoms with van der Waals surface area (Å²) in [7, 11) is 0. The highest BCUT2D eigenvalue weighted by Gasteiger charge is 2.07. The molecule has 3 heteroatoms. The molecule has 1 heterocycles. The summed E-state index contributed by atoms with van der Waals surface area (Å²) in [5.41, 5.74) is 0.992. The normalized spacial score (nSPS) is 12.4. The van der Waals surface area contributed by atoms with E-state index in [0.717, 1.165) is 16.5 Å². The predicted octanol–water partition coefficient (Wildman–Crippen LogP) is 4.11. The molecule has 15 heavy (non-hydrogen) atoms. The number of hydrogen-bond acceptors (Lipinski definition) is 2. The van der Waals surface area contributed by atoms with Crippen molar-refractivity contribution in [3.63, 3.8) is 0 Å². The Morgan fingerprint density at radius 2 is 2.13 bits per heavy atom. The minimum atomic E-state index is 0.137. The Morgan fingerprint density at radius 3 is 2.80 bits per heavy atom. The molecule has 2 rings (SSSR count). The van der Waals surface area contributed by atoms with Gasteiger partial charge in [-0.3, -0.25) is 0 Å². The second-order valence-corrected chi connectivity index (χ2v) is 3.83. The van der Waals surface area contributed by atoms with Crippen molar-refractivity contribution in [1.29, 1.82) is 0 Å². The van der Waals surface area contributed by atoms with Crippen LogP contribution in [0.3, 0.4) is 0 Å². The third-order valence-electron chi connectivity index (χ3n) is 2.18. The number of anilines is 1. The molecule has 1 atom stereocenters. The number of hydrogen-bond donors (Lipinski definition) is 1. The Kier molecular flexibility index (Phi) is 2.97. The third-order valence-corrected chi connectivity index (χ3v) is 2.41. The van der Waals surface area contributed by atoms with Crippen LogP contribution in [0.1, 0.15) is 18.7 Å². The molecular formula is C12H12ClNO. The lowest BCUT2D eigenvalue weighted by atomic mass is 10.2. The maximum absolute atomic E-state index is 5.89. The lowest BCUT2D eigenvalue weighted by molar-refractivity contribution is 0.490. The number of furan rings is 1. The topological polar surface area (TPSA) is 25.2 Å². The molecule has 0 fully saturated rings. The van der Waals surface area contributed by atoms with Gasteiger partial charge in [0.05, 0.1) is 12.3 Å². The van der Waals surface area contributed by atoms with Crippen LogP contribution in [-0.2, 0) is 0 Å². The SMILES string of the molecule is C[C@H](Nc1cccc(Cl)c1)c1ccco1. The highest BCUT2D eigenvalue weighted by molar-refractivity contribution is 6.30. The Labute approximate surface area is 93.9 Å². The average Bonchev–Trinajstić information content (AvgIpc) is 2.70. The summed E-state index contributed by atoms with van der Waals surface area (Å²) >= 11 is 5.89. The summed E-state index contributed by atoms with van der Waals surface area (Å²) in [6.07, 6.45) is 1.67. The first-order chi connectivity index (χ1) is 7.25. The molecule has 0 radical (unpaired) electrons. The maximum atomic E-state index is 5.89. The first kappa shape index (κ1) is 10.1. The minimum Gasteiger partial charge on any atom is -0.467 e. The van der Waals surface area contributed by atoms with Gasteiger partial charge in [-0.2, -0.15) is 0 Å². The fraction of sp³-hybridized carbons (Fsp3) is 0.167. The van der Waals surface area contributed by atoms with E-state index in [2.05, 4.69) is 5.32 Å². The van der Waals surface area contributed by atoms with Gasteiger partial charge in [0.25, 0.3) is 0 Å². The third kappa shape index (κ3) is 2.54. The van der Waals surface area contributed by atoms with Gasteiger partial charge in [0.15, 0.2) is 0 Å². The molecule has 78 valence electrons. The summed E-state index contributed by atoms with van der Waals surface area (Å²) in [5.74, 6) is 0.912. The average molecular weight is 222 g/mol. The molecule has 0 aliphatic heterocycles. The Balaban J connectivity index is 2.09. The van der Waals surface area contributed by atoms with Crippen molar-refractivity contribution in [2.45, 2.75) is 13.0 Å². The van der Waals surface area contributed by atoms with Crippen molar-refractivity contribution in [3.8, 4) is 0 Å². The molecule has 2 aromatic rings. The lowest BCUT2D eigenvalue weighted by Gasteiger charge is -2.12. The molecule has 0 bridgehead atoms. The van der Waals surface area contributed by atoms with E-state index in [-0.39, 0.29) is 6.04 Å². The van der Waals surface area contributed by atoms with Crippen LogP contribution in [0.4, 0.5) is 5.69 Å². The Hall–Kier alpha value is -1.41. The molecule has 1 aromatic carbocycles. The molecule has 1 aromatic heterocycles. The second-order valence-electron chi connectivity index (χ2n) is 3.39. The van der Waals surface area contributed by atoms with Crippen molar-refractivity contribution in [3.05, 3.63) is 53.4 Å². The number of halogens is 1. The Bertz CT molecular complexity index is 425. The van der Waals surface area contributed by atoms with Gasteiger partial charge in [0.2, 0.25) is 0 Å². The number of benzene rings is 1. The van der Waals surface area contributed by atoms with Gasteiger partial charge in [-0.1, -0.05) is 17.7 Å². The van der Waals surface area contributed by atoms with E-state index >= 15 is 0 Å². The monoisotopic (exact) mass is 221 g/mol. The van der Waals surface area contributed by atoms with Crippen LogP contribution in [0.2, 0.25) is 5.02 Å². The molecule has 0 aliphatic carbocycles. The van der Waals surface area contributed by atoms with E-state index in [1.165, 1.54) is 0 Å². The smallest absolute Gasteiger partial charge is 0.125 e. The van der Waals surface area contributed by atoms with Crippen LogP contribution in [0, 0.1) is 0 Å². The first-order valence-electron chi connectivity index (χ1n) is 4.81. The van der Waals surface area contributed by atoms with Gasteiger partial charge in [-0.15, -0.1) is 0 Å². The second kappa shape index (κ2) is 4.41. The molecule has 0 saturated heterocycles. The number of nitrogens with one attached hydrogen (secondary N) is 1. The summed E-state index contributed by atoms with van der Waals surface area (Å²) in [4.78, 5) is 0. The molecule has 0 amide bonds. The minimum absolute atomic E-state index is 0.137. The summed E-state index contributed by atoms with van der Waals surface area (Å²) in [5, 5.41) is 4.04. The van der Waals surface area contributed by atoms with Gasteiger partial charge in [-0.25, -0.2) is 0 Å². The van der Waals surface area contributed by atoms with Crippen molar-refractivity contribution in [2.24, 2.45) is 0 Å². The summed E-state index contributed by atoms with van der Waals surface area (Å²) < 4.78 is 5.30. The molecule has 2 nitrogen and oxygen atoms in total. The fourth-order valence-corrected chi connectivity index (χ4v) is 1.63. The van der Waals surface area contributed by atoms with E-state index in [9.17, 15) is 0 Å². The zero-order chi connectivity index (χ0) is 10.7. The van der Waals surface area contributed by atoms with Crippen LogP contribution in [-0.4, -0.2) is 0 Å². The van der Waals surface area contributed by atoms with Crippen molar-refractivity contribution >= 4 is 17.3 Å². The predicted molar refractivity (Wildman–Crippen MR) is 62.2 cm³/mol. The van der Waals surface area contributed by atoms with E-state index in [1.54, 1.807) is 6.26 Å². The fourth-order valence-electron chi connectivity index (χ4n) is 1.44. The van der Waals surface area contributed by atoms with Crippen LogP contribution in [0.25, 0.3) is 0 Å². The zero-order valence-electron chi connectivity index (χ0n) is 8.41. The first-order valence-corrected chi connectivity index (χ1v) is 5.19. The highest BCUT2D eigenvalue weighted by Crippen LogP contribution is 2.21. The standard InChI is InChI=1S/C12H12ClNO/c1-9(12-6-3-7-15-12)14-11-5-2-4-10(13)8-11/h2-9,14H,1H3/t9-/m0/s1. The quantitative estimate of drug-likeness (QED) is 0.844. The molecule has 0 aliphatic rings.